The van der Waals surface area contributed by atoms with E-state index in [9.17, 15) is 13.5 Å². The van der Waals surface area contributed by atoms with E-state index in [2.05, 4.69) is 26.7 Å². The van der Waals surface area contributed by atoms with E-state index in [1.807, 2.05) is 24.3 Å². The minimum atomic E-state index is -3.35. The molecule has 11 heteroatoms. The van der Waals surface area contributed by atoms with Crippen LogP contribution in [0.1, 0.15) is 23.6 Å². The Balaban J connectivity index is 0.000000967. The summed E-state index contributed by atoms with van der Waals surface area (Å²) in [6.45, 7) is 3.11. The standard InChI is InChI=1S/C24H25N5O3S.CH2O2/c1-3-15-11-17(30)7-8-18(15)22-12-23-20(13-25-27-23)24(26-22)29-10-9-19-16(14-29)5-4-6-21(19)28-33(2,31)32;2-1-3/h4-8,11-13,28,30H,3,9-10,14H2,1-2H3,(H,25,27);1H,(H,2,3). The van der Waals surface area contributed by atoms with Crippen LogP contribution in [0.15, 0.2) is 48.7 Å². The van der Waals surface area contributed by atoms with Gasteiger partial charge in [0.2, 0.25) is 10.0 Å². The third kappa shape index (κ3) is 5.25. The Morgan fingerprint density at radius 1 is 1.22 bits per heavy atom. The minimum Gasteiger partial charge on any atom is -0.508 e. The maximum atomic E-state index is 11.8. The van der Waals surface area contributed by atoms with Gasteiger partial charge in [-0.05, 0) is 59.9 Å². The summed E-state index contributed by atoms with van der Waals surface area (Å²) in [4.78, 5) is 15.6. The number of aromatic amines is 1. The Morgan fingerprint density at radius 3 is 2.72 bits per heavy atom. The van der Waals surface area contributed by atoms with Crippen LogP contribution in [0.3, 0.4) is 0 Å². The second kappa shape index (κ2) is 10.2. The van der Waals surface area contributed by atoms with Crippen molar-refractivity contribution >= 4 is 38.9 Å². The molecule has 0 radical (unpaired) electrons. The molecule has 188 valence electrons. The van der Waals surface area contributed by atoms with Gasteiger partial charge >= 0.3 is 0 Å². The summed E-state index contributed by atoms with van der Waals surface area (Å²) in [6, 6.07) is 13.1. The highest BCUT2D eigenvalue weighted by Gasteiger charge is 2.23. The van der Waals surface area contributed by atoms with E-state index in [1.165, 1.54) is 6.26 Å². The SMILES string of the molecule is CCc1cc(O)ccc1-c1cc2[nH]ncc2c(N2CCc3c(cccc3NS(C)(=O)=O)C2)n1.O=CO. The first kappa shape index (κ1) is 25.0. The van der Waals surface area contributed by atoms with Gasteiger partial charge in [-0.2, -0.15) is 5.10 Å². The Kier molecular flexibility index (Phi) is 7.11. The highest BCUT2D eigenvalue weighted by Crippen LogP contribution is 2.35. The molecule has 0 spiro atoms. The van der Waals surface area contributed by atoms with E-state index < -0.39 is 10.0 Å². The van der Waals surface area contributed by atoms with Crippen molar-refractivity contribution in [3.8, 4) is 17.0 Å². The minimum absolute atomic E-state index is 0.240. The number of aryl methyl sites for hydroxylation is 1. The first-order valence-electron chi connectivity index (χ1n) is 11.3. The molecule has 2 aromatic carbocycles. The van der Waals surface area contributed by atoms with E-state index in [0.717, 1.165) is 51.1 Å². The number of phenols is 1. The number of H-pyrrole nitrogens is 1. The number of hydrogen-bond donors (Lipinski definition) is 4. The van der Waals surface area contributed by atoms with Crippen LogP contribution >= 0.6 is 0 Å². The molecule has 4 aromatic rings. The first-order chi connectivity index (χ1) is 17.2. The lowest BCUT2D eigenvalue weighted by molar-refractivity contribution is -0.122. The number of rotatable bonds is 5. The van der Waals surface area contributed by atoms with Crippen molar-refractivity contribution in [3.05, 3.63) is 65.4 Å². The number of phenolic OH excluding ortho intramolecular Hbond substituents is 1. The van der Waals surface area contributed by atoms with E-state index in [4.69, 9.17) is 14.9 Å². The van der Waals surface area contributed by atoms with Crippen LogP contribution in [-0.2, 0) is 34.2 Å². The second-order valence-electron chi connectivity index (χ2n) is 8.45. The Morgan fingerprint density at radius 2 is 2.00 bits per heavy atom. The molecular weight excluding hydrogens is 482 g/mol. The number of benzene rings is 2. The predicted octanol–water partition coefficient (Wildman–Crippen LogP) is 3.53. The normalized spacial score (nSPS) is 13.0. The quantitative estimate of drug-likeness (QED) is 0.299. The summed E-state index contributed by atoms with van der Waals surface area (Å²) in [6.07, 6.45) is 4.42. The average molecular weight is 510 g/mol. The fourth-order valence-corrected chi connectivity index (χ4v) is 5.11. The fourth-order valence-electron chi connectivity index (χ4n) is 4.51. The Bertz CT molecular complexity index is 1520. The van der Waals surface area contributed by atoms with Crippen molar-refractivity contribution < 1.29 is 23.4 Å². The third-order valence-corrected chi connectivity index (χ3v) is 6.61. The summed E-state index contributed by atoms with van der Waals surface area (Å²) in [5.74, 6) is 1.07. The van der Waals surface area contributed by atoms with Gasteiger partial charge in [-0.1, -0.05) is 19.1 Å². The van der Waals surface area contributed by atoms with Crippen LogP contribution in [0, 0.1) is 0 Å². The van der Waals surface area contributed by atoms with Crippen molar-refractivity contribution in [3.63, 3.8) is 0 Å². The molecule has 10 nitrogen and oxygen atoms in total. The lowest BCUT2D eigenvalue weighted by Gasteiger charge is -2.31. The highest BCUT2D eigenvalue weighted by atomic mass is 32.2. The lowest BCUT2D eigenvalue weighted by atomic mass is 9.97. The molecule has 0 saturated heterocycles. The number of aromatic hydroxyl groups is 1. The Labute approximate surface area is 208 Å². The molecule has 0 bridgehead atoms. The fraction of sp³-hybridized carbons (Fsp3) is 0.240. The number of aromatic nitrogens is 3. The molecule has 0 amide bonds. The van der Waals surface area contributed by atoms with Gasteiger partial charge in [0, 0.05) is 18.7 Å². The molecule has 36 heavy (non-hydrogen) atoms. The largest absolute Gasteiger partial charge is 0.508 e. The molecule has 0 atom stereocenters. The van der Waals surface area contributed by atoms with E-state index in [-0.39, 0.29) is 12.2 Å². The van der Waals surface area contributed by atoms with Crippen molar-refractivity contribution in [1.29, 1.82) is 0 Å². The van der Waals surface area contributed by atoms with Gasteiger partial charge in [0.25, 0.3) is 6.47 Å². The number of sulfonamides is 1. The van der Waals surface area contributed by atoms with Crippen molar-refractivity contribution in [2.45, 2.75) is 26.3 Å². The van der Waals surface area contributed by atoms with Crippen LogP contribution in [0.25, 0.3) is 22.2 Å². The molecule has 0 saturated carbocycles. The van der Waals surface area contributed by atoms with Gasteiger partial charge < -0.3 is 15.1 Å². The molecule has 5 rings (SSSR count). The monoisotopic (exact) mass is 509 g/mol. The average Bonchev–Trinajstić information content (AvgIpc) is 3.31. The number of fused-ring (bicyclic) bond motifs is 2. The smallest absolute Gasteiger partial charge is 0.290 e. The van der Waals surface area contributed by atoms with Crippen LogP contribution in [0.2, 0.25) is 0 Å². The number of nitrogens with one attached hydrogen (secondary N) is 2. The topological polar surface area (TPSA) is 149 Å². The summed E-state index contributed by atoms with van der Waals surface area (Å²) < 4.78 is 26.2. The summed E-state index contributed by atoms with van der Waals surface area (Å²) >= 11 is 0. The third-order valence-electron chi connectivity index (χ3n) is 6.02. The van der Waals surface area contributed by atoms with E-state index in [1.54, 1.807) is 24.4 Å². The summed E-state index contributed by atoms with van der Waals surface area (Å²) in [7, 11) is -3.35. The van der Waals surface area contributed by atoms with Gasteiger partial charge in [-0.25, -0.2) is 13.4 Å². The van der Waals surface area contributed by atoms with Crippen LogP contribution in [-0.4, -0.2) is 53.1 Å². The molecule has 0 unspecified atom stereocenters. The molecule has 3 heterocycles. The number of hydrogen-bond acceptors (Lipinski definition) is 7. The second-order valence-corrected chi connectivity index (χ2v) is 10.2. The lowest BCUT2D eigenvalue weighted by Crippen LogP contribution is -2.32. The van der Waals surface area contributed by atoms with Crippen molar-refractivity contribution in [2.75, 3.05) is 22.4 Å². The molecule has 2 aromatic heterocycles. The van der Waals surface area contributed by atoms with Crippen molar-refractivity contribution in [1.82, 2.24) is 15.2 Å². The van der Waals surface area contributed by atoms with Gasteiger partial charge in [0.05, 0.1) is 34.7 Å². The molecule has 1 aliphatic heterocycles. The zero-order valence-electron chi connectivity index (χ0n) is 19.9. The highest BCUT2D eigenvalue weighted by molar-refractivity contribution is 7.92. The predicted molar refractivity (Wildman–Crippen MR) is 139 cm³/mol. The maximum Gasteiger partial charge on any atom is 0.290 e. The van der Waals surface area contributed by atoms with Crippen LogP contribution < -0.4 is 9.62 Å². The maximum absolute atomic E-state index is 11.8. The number of pyridine rings is 1. The summed E-state index contributed by atoms with van der Waals surface area (Å²) in [5, 5.41) is 25.0. The summed E-state index contributed by atoms with van der Waals surface area (Å²) in [5.41, 5.74) is 6.43. The zero-order chi connectivity index (χ0) is 25.9. The molecule has 4 N–H and O–H groups in total. The van der Waals surface area contributed by atoms with Gasteiger partial charge in [0.1, 0.15) is 11.6 Å². The number of anilines is 2. The van der Waals surface area contributed by atoms with E-state index in [0.29, 0.717) is 25.2 Å². The number of carboxylic acid groups (broad SMARTS) is 1. The van der Waals surface area contributed by atoms with Crippen molar-refractivity contribution in [2.24, 2.45) is 0 Å². The molecular formula is C25H27N5O5S. The number of carbonyl (C=O) groups is 1. The Hall–Kier alpha value is -4.12. The molecule has 1 aliphatic rings. The number of nitrogens with zero attached hydrogens (tertiary/aromatic N) is 3. The zero-order valence-corrected chi connectivity index (χ0v) is 20.7. The van der Waals surface area contributed by atoms with Gasteiger partial charge in [-0.15, -0.1) is 0 Å². The molecule has 0 aliphatic carbocycles. The van der Waals surface area contributed by atoms with E-state index >= 15 is 0 Å². The van der Waals surface area contributed by atoms with Gasteiger partial charge in [0.15, 0.2) is 0 Å². The van der Waals surface area contributed by atoms with Crippen LogP contribution in [0.5, 0.6) is 5.75 Å². The van der Waals surface area contributed by atoms with Crippen LogP contribution in [0.4, 0.5) is 11.5 Å². The van der Waals surface area contributed by atoms with Gasteiger partial charge in [-0.3, -0.25) is 14.6 Å². The first-order valence-corrected chi connectivity index (χ1v) is 13.2. The molecule has 0 fully saturated rings.